The molecule has 0 radical (unpaired) electrons. The van der Waals surface area contributed by atoms with Gasteiger partial charge in [-0.25, -0.2) is 0 Å². The number of rotatable bonds is 68. The summed E-state index contributed by atoms with van der Waals surface area (Å²) >= 11 is 0. The summed E-state index contributed by atoms with van der Waals surface area (Å²) in [6.07, 6.45) is 82.4. The summed E-state index contributed by atoms with van der Waals surface area (Å²) in [5.41, 5.74) is 0. The summed E-state index contributed by atoms with van der Waals surface area (Å²) in [7, 11) is 0. The van der Waals surface area contributed by atoms with Gasteiger partial charge in [-0.15, -0.1) is 0 Å². The lowest BCUT2D eigenvalue weighted by molar-refractivity contribution is -0.167. The Hall–Kier alpha value is -1.85. The Bertz CT molecular complexity index is 1230. The first kappa shape index (κ1) is 77.2. The van der Waals surface area contributed by atoms with Gasteiger partial charge in [-0.05, 0) is 44.9 Å². The molecule has 0 N–H and O–H groups in total. The Balaban J connectivity index is 4.24. The quantitative estimate of drug-likeness (QED) is 0.0261. The van der Waals surface area contributed by atoms with Crippen molar-refractivity contribution in [2.75, 3.05) is 13.2 Å². The molecule has 1 unspecified atom stereocenters. The van der Waals surface area contributed by atoms with E-state index in [2.05, 4.69) is 32.9 Å². The molecule has 0 saturated carbocycles. The molecular weight excluding hydrogens is 973 g/mol. The number of unbranched alkanes of at least 4 members (excludes halogenated alkanes) is 55. The van der Waals surface area contributed by atoms with Gasteiger partial charge >= 0.3 is 17.9 Å². The lowest BCUT2D eigenvalue weighted by Gasteiger charge is -2.18. The summed E-state index contributed by atoms with van der Waals surface area (Å²) in [5, 5.41) is 0. The third-order valence-corrected chi connectivity index (χ3v) is 16.8. The van der Waals surface area contributed by atoms with Gasteiger partial charge in [0.2, 0.25) is 0 Å². The average molecular weight is 1110 g/mol. The second-order valence-corrected chi connectivity index (χ2v) is 24.9. The first-order valence-electron chi connectivity index (χ1n) is 36.2. The Morgan fingerprint density at radius 1 is 0.241 bits per heavy atom. The summed E-state index contributed by atoms with van der Waals surface area (Å²) in [6, 6.07) is 0. The summed E-state index contributed by atoms with van der Waals surface area (Å²) < 4.78 is 17.0. The van der Waals surface area contributed by atoms with Crippen LogP contribution in [-0.4, -0.2) is 37.2 Å². The van der Waals surface area contributed by atoms with Gasteiger partial charge in [0.1, 0.15) is 13.2 Å². The van der Waals surface area contributed by atoms with E-state index in [1.165, 1.54) is 321 Å². The van der Waals surface area contributed by atoms with Crippen LogP contribution in [0, 0.1) is 0 Å². The van der Waals surface area contributed by atoms with Gasteiger partial charge in [-0.2, -0.15) is 0 Å². The summed E-state index contributed by atoms with van der Waals surface area (Å²) in [4.78, 5) is 38.5. The van der Waals surface area contributed by atoms with Gasteiger partial charge in [0.05, 0.1) is 0 Å². The number of hydrogen-bond acceptors (Lipinski definition) is 6. The zero-order chi connectivity index (χ0) is 57.1. The first-order chi connectivity index (χ1) is 39.0. The second kappa shape index (κ2) is 68.6. The Morgan fingerprint density at radius 3 is 0.633 bits per heavy atom. The van der Waals surface area contributed by atoms with Crippen molar-refractivity contribution in [2.45, 2.75) is 425 Å². The van der Waals surface area contributed by atoms with Crippen LogP contribution in [-0.2, 0) is 28.6 Å². The van der Waals surface area contributed by atoms with E-state index in [1.807, 2.05) is 0 Å². The standard InChI is InChI=1S/C73H140O6/c1-4-7-10-13-16-19-22-25-28-30-32-34-36-38-40-42-45-48-51-54-57-60-63-66-72(75)78-69-70(68-77-71(74)65-62-59-56-53-50-47-44-27-24-21-18-15-12-9-6-3)79-73(76)67-64-61-58-55-52-49-46-43-41-39-37-35-33-31-29-26-23-20-17-14-11-8-5-2/h30,32,70H,4-29,31,33-69H2,1-3H3/b32-30-. The topological polar surface area (TPSA) is 78.9 Å². The van der Waals surface area contributed by atoms with E-state index in [4.69, 9.17) is 14.2 Å². The highest BCUT2D eigenvalue weighted by Gasteiger charge is 2.20. The normalized spacial score (nSPS) is 12.0. The molecule has 6 heteroatoms. The predicted molar refractivity (Wildman–Crippen MR) is 344 cm³/mol. The van der Waals surface area contributed by atoms with E-state index in [-0.39, 0.29) is 31.1 Å². The number of carbonyl (C=O) groups excluding carboxylic acids is 3. The number of carbonyl (C=O) groups is 3. The van der Waals surface area contributed by atoms with Gasteiger partial charge in [0.15, 0.2) is 6.10 Å². The Kier molecular flexibility index (Phi) is 67.0. The molecule has 0 aliphatic carbocycles. The van der Waals surface area contributed by atoms with Crippen LogP contribution >= 0.6 is 0 Å². The van der Waals surface area contributed by atoms with Crippen molar-refractivity contribution in [3.05, 3.63) is 12.2 Å². The molecule has 0 aromatic carbocycles. The second-order valence-electron chi connectivity index (χ2n) is 24.9. The maximum absolute atomic E-state index is 13.0. The molecule has 0 fully saturated rings. The minimum atomic E-state index is -0.766. The predicted octanol–water partition coefficient (Wildman–Crippen LogP) is 24.8. The van der Waals surface area contributed by atoms with Crippen LogP contribution in [0.3, 0.4) is 0 Å². The van der Waals surface area contributed by atoms with Gasteiger partial charge in [0, 0.05) is 19.3 Å². The van der Waals surface area contributed by atoms with Crippen LogP contribution in [0.5, 0.6) is 0 Å². The molecule has 0 aromatic rings. The smallest absolute Gasteiger partial charge is 0.306 e. The largest absolute Gasteiger partial charge is 0.462 e. The molecule has 0 amide bonds. The van der Waals surface area contributed by atoms with E-state index in [0.29, 0.717) is 19.3 Å². The monoisotopic (exact) mass is 1110 g/mol. The highest BCUT2D eigenvalue weighted by molar-refractivity contribution is 5.71. The third kappa shape index (κ3) is 66.8. The van der Waals surface area contributed by atoms with Crippen LogP contribution < -0.4 is 0 Å². The molecule has 0 rings (SSSR count). The third-order valence-electron chi connectivity index (χ3n) is 16.8. The maximum atomic E-state index is 13.0. The highest BCUT2D eigenvalue weighted by atomic mass is 16.6. The van der Waals surface area contributed by atoms with E-state index in [0.717, 1.165) is 57.8 Å². The fraction of sp³-hybridized carbons (Fsp3) is 0.932. The maximum Gasteiger partial charge on any atom is 0.306 e. The molecule has 6 nitrogen and oxygen atoms in total. The van der Waals surface area contributed by atoms with Gasteiger partial charge in [0.25, 0.3) is 0 Å². The number of ether oxygens (including phenoxy) is 3. The molecule has 1 atom stereocenters. The van der Waals surface area contributed by atoms with Crippen LogP contribution in [0.1, 0.15) is 419 Å². The SMILES string of the molecule is CCCCCCCCCC/C=C\CCCCCCCCCCCCCC(=O)OCC(COC(=O)CCCCCCCCCCCCCCCCC)OC(=O)CCCCCCCCCCCCCCCCCCCCCCCCC. The Morgan fingerprint density at radius 2 is 0.418 bits per heavy atom. The van der Waals surface area contributed by atoms with Crippen molar-refractivity contribution in [1.82, 2.24) is 0 Å². The number of esters is 3. The van der Waals surface area contributed by atoms with Crippen LogP contribution in [0.25, 0.3) is 0 Å². The lowest BCUT2D eigenvalue weighted by Crippen LogP contribution is -2.30. The average Bonchev–Trinajstić information content (AvgIpc) is 3.45. The fourth-order valence-electron chi connectivity index (χ4n) is 11.3. The van der Waals surface area contributed by atoms with Gasteiger partial charge in [-0.1, -0.05) is 367 Å². The van der Waals surface area contributed by atoms with Crippen LogP contribution in [0.4, 0.5) is 0 Å². The first-order valence-corrected chi connectivity index (χ1v) is 36.2. The minimum absolute atomic E-state index is 0.0627. The van der Waals surface area contributed by atoms with Crippen molar-refractivity contribution < 1.29 is 28.6 Å². The van der Waals surface area contributed by atoms with Crippen LogP contribution in [0.15, 0.2) is 12.2 Å². The van der Waals surface area contributed by atoms with Crippen molar-refractivity contribution in [3.8, 4) is 0 Å². The molecule has 0 aromatic heterocycles. The molecule has 0 heterocycles. The molecular formula is C73H140O6. The van der Waals surface area contributed by atoms with Crippen molar-refractivity contribution in [2.24, 2.45) is 0 Å². The zero-order valence-corrected chi connectivity index (χ0v) is 53.9. The fourth-order valence-corrected chi connectivity index (χ4v) is 11.3. The molecule has 0 spiro atoms. The van der Waals surface area contributed by atoms with Crippen molar-refractivity contribution >= 4 is 17.9 Å². The number of hydrogen-bond donors (Lipinski definition) is 0. The van der Waals surface area contributed by atoms with Crippen molar-refractivity contribution in [1.29, 1.82) is 0 Å². The minimum Gasteiger partial charge on any atom is -0.462 e. The molecule has 0 aliphatic heterocycles. The molecule has 468 valence electrons. The summed E-state index contributed by atoms with van der Waals surface area (Å²) in [5.74, 6) is -0.825. The van der Waals surface area contributed by atoms with Crippen LogP contribution in [0.2, 0.25) is 0 Å². The van der Waals surface area contributed by atoms with E-state index in [9.17, 15) is 14.4 Å². The van der Waals surface area contributed by atoms with Crippen molar-refractivity contribution in [3.63, 3.8) is 0 Å². The molecule has 0 bridgehead atoms. The van der Waals surface area contributed by atoms with Gasteiger partial charge < -0.3 is 14.2 Å². The molecule has 0 aliphatic rings. The van der Waals surface area contributed by atoms with E-state index < -0.39 is 6.10 Å². The highest BCUT2D eigenvalue weighted by Crippen LogP contribution is 2.19. The Labute approximate surface area is 494 Å². The summed E-state index contributed by atoms with van der Waals surface area (Å²) in [6.45, 7) is 6.74. The zero-order valence-electron chi connectivity index (χ0n) is 53.9. The molecule has 79 heavy (non-hydrogen) atoms. The van der Waals surface area contributed by atoms with Gasteiger partial charge in [-0.3, -0.25) is 14.4 Å². The number of allylic oxidation sites excluding steroid dienone is 2. The molecule has 0 saturated heterocycles. The lowest BCUT2D eigenvalue weighted by atomic mass is 10.0. The van der Waals surface area contributed by atoms with E-state index >= 15 is 0 Å². The van der Waals surface area contributed by atoms with E-state index in [1.54, 1.807) is 0 Å².